The van der Waals surface area contributed by atoms with E-state index in [0.717, 1.165) is 42.7 Å². The van der Waals surface area contributed by atoms with Gasteiger partial charge in [0, 0.05) is 41.7 Å². The topological polar surface area (TPSA) is 68.6 Å². The van der Waals surface area contributed by atoms with E-state index >= 15 is 0 Å². The molecule has 1 aromatic rings. The van der Waals surface area contributed by atoms with Crippen molar-refractivity contribution in [2.24, 2.45) is 16.3 Å². The first-order valence-electron chi connectivity index (χ1n) is 10.2. The van der Waals surface area contributed by atoms with E-state index in [-0.39, 0.29) is 23.1 Å². The first kappa shape index (κ1) is 20.4. The van der Waals surface area contributed by atoms with Crippen LogP contribution in [-0.4, -0.2) is 29.1 Å². The van der Waals surface area contributed by atoms with E-state index in [1.807, 2.05) is 19.1 Å². The molecule has 3 rings (SSSR count). The Morgan fingerprint density at radius 2 is 2.07 bits per heavy atom. The maximum absolute atomic E-state index is 13.1. The smallest absolute Gasteiger partial charge is 0.315 e. The maximum atomic E-state index is 13.1. The van der Waals surface area contributed by atoms with Gasteiger partial charge in [0.1, 0.15) is 5.92 Å². The largest absolute Gasteiger partial charge is 0.465 e. The van der Waals surface area contributed by atoms with Crippen LogP contribution in [0.1, 0.15) is 71.3 Å². The van der Waals surface area contributed by atoms with E-state index in [0.29, 0.717) is 18.6 Å². The summed E-state index contributed by atoms with van der Waals surface area (Å²) in [7, 11) is 0. The average molecular weight is 383 g/mol. The molecule has 0 radical (unpaired) electrons. The summed E-state index contributed by atoms with van der Waals surface area (Å²) < 4.78 is 5.59. The fourth-order valence-electron chi connectivity index (χ4n) is 4.29. The number of carbonyl (C=O) groups is 2. The van der Waals surface area contributed by atoms with Crippen LogP contribution in [0.5, 0.6) is 0 Å². The van der Waals surface area contributed by atoms with Gasteiger partial charge in [0.2, 0.25) is 0 Å². The minimum absolute atomic E-state index is 0.0835. The summed E-state index contributed by atoms with van der Waals surface area (Å²) in [5.74, 6) is -1.16. The summed E-state index contributed by atoms with van der Waals surface area (Å²) in [5, 5.41) is 0. The van der Waals surface area contributed by atoms with Crippen molar-refractivity contribution in [2.75, 3.05) is 6.61 Å². The molecule has 1 aliphatic carbocycles. The third-order valence-electron chi connectivity index (χ3n) is 5.59. The highest BCUT2D eigenvalue weighted by molar-refractivity contribution is 6.09. The molecule has 5 nitrogen and oxygen atoms in total. The molecule has 28 heavy (non-hydrogen) atoms. The lowest BCUT2D eigenvalue weighted by Crippen LogP contribution is -2.39. The van der Waals surface area contributed by atoms with Crippen LogP contribution in [0, 0.1) is 11.3 Å². The molecule has 1 unspecified atom stereocenters. The zero-order valence-electron chi connectivity index (χ0n) is 17.3. The van der Waals surface area contributed by atoms with E-state index in [2.05, 4.69) is 25.8 Å². The van der Waals surface area contributed by atoms with Gasteiger partial charge < -0.3 is 4.74 Å². The number of allylic oxidation sites excluding steroid dienone is 2. The number of nitrogens with zero attached hydrogens (tertiary/aromatic N) is 2. The number of hydrogen-bond donors (Lipinski definition) is 0. The molecule has 0 fully saturated rings. The highest BCUT2D eigenvalue weighted by Gasteiger charge is 2.46. The zero-order valence-corrected chi connectivity index (χ0v) is 17.3. The molecular formula is C23H30N2O3. The average Bonchev–Trinajstić information content (AvgIpc) is 2.63. The van der Waals surface area contributed by atoms with E-state index in [4.69, 9.17) is 9.73 Å². The van der Waals surface area contributed by atoms with Crippen molar-refractivity contribution >= 4 is 17.5 Å². The fourth-order valence-corrected chi connectivity index (χ4v) is 4.29. The molecule has 0 N–H and O–H groups in total. The van der Waals surface area contributed by atoms with Gasteiger partial charge in [-0.3, -0.25) is 19.6 Å². The van der Waals surface area contributed by atoms with Crippen LogP contribution in [0.25, 0.3) is 0 Å². The van der Waals surface area contributed by atoms with Gasteiger partial charge >= 0.3 is 5.97 Å². The van der Waals surface area contributed by atoms with Gasteiger partial charge in [-0.25, -0.2) is 0 Å². The van der Waals surface area contributed by atoms with Crippen LogP contribution >= 0.6 is 0 Å². The van der Waals surface area contributed by atoms with E-state index in [1.54, 1.807) is 12.4 Å². The summed E-state index contributed by atoms with van der Waals surface area (Å²) in [4.78, 5) is 35.1. The normalized spacial score (nSPS) is 23.9. The third-order valence-corrected chi connectivity index (χ3v) is 5.59. The molecule has 0 saturated carbocycles. The Bertz CT molecular complexity index is 808. The molecule has 1 aliphatic heterocycles. The Kier molecular flexibility index (Phi) is 6.11. The van der Waals surface area contributed by atoms with Crippen molar-refractivity contribution in [1.29, 1.82) is 0 Å². The lowest BCUT2D eigenvalue weighted by atomic mass is 9.67. The summed E-state index contributed by atoms with van der Waals surface area (Å²) in [5.41, 5.74) is 2.97. The summed E-state index contributed by atoms with van der Waals surface area (Å²) in [6.45, 7) is 8.57. The highest BCUT2D eigenvalue weighted by Crippen LogP contribution is 2.47. The molecule has 0 bridgehead atoms. The van der Waals surface area contributed by atoms with Crippen LogP contribution in [0.4, 0.5) is 0 Å². The molecule has 0 amide bonds. The van der Waals surface area contributed by atoms with Crippen LogP contribution in [0.3, 0.4) is 0 Å². The number of unbranched alkanes of at least 4 members (excludes halogenated alkanes) is 2. The molecule has 2 aliphatic rings. The molecule has 150 valence electrons. The molecule has 0 saturated heterocycles. The molecule has 0 aromatic carbocycles. The van der Waals surface area contributed by atoms with Crippen molar-refractivity contribution < 1.29 is 14.3 Å². The quantitative estimate of drug-likeness (QED) is 0.531. The number of rotatable bonds is 6. The summed E-state index contributed by atoms with van der Waals surface area (Å²) in [6, 6.07) is 3.78. The first-order valence-corrected chi connectivity index (χ1v) is 10.2. The number of carbonyl (C=O) groups excluding carboxylic acids is 2. The van der Waals surface area contributed by atoms with Crippen molar-refractivity contribution in [3.05, 3.63) is 41.4 Å². The molecule has 1 aromatic heterocycles. The number of ketones is 1. The van der Waals surface area contributed by atoms with Crippen LogP contribution in [0.2, 0.25) is 0 Å². The van der Waals surface area contributed by atoms with Gasteiger partial charge in [-0.05, 0) is 36.8 Å². The molecular weight excluding hydrogens is 352 g/mol. The number of pyridine rings is 1. The van der Waals surface area contributed by atoms with Gasteiger partial charge in [0.25, 0.3) is 0 Å². The second kappa shape index (κ2) is 8.38. The molecule has 0 spiro atoms. The Hall–Kier alpha value is -2.30. The number of hydrogen-bond acceptors (Lipinski definition) is 5. The molecule has 2 atom stereocenters. The lowest BCUT2D eigenvalue weighted by Gasteiger charge is -2.38. The molecule has 2 heterocycles. The second-order valence-corrected chi connectivity index (χ2v) is 8.67. The Morgan fingerprint density at radius 1 is 1.29 bits per heavy atom. The fraction of sp³-hybridized carbons (Fsp3) is 0.565. The van der Waals surface area contributed by atoms with Gasteiger partial charge in [0.05, 0.1) is 6.61 Å². The maximum Gasteiger partial charge on any atom is 0.315 e. The van der Waals surface area contributed by atoms with E-state index < -0.39 is 5.92 Å². The number of esters is 1. The van der Waals surface area contributed by atoms with Gasteiger partial charge in [-0.2, -0.15) is 0 Å². The second-order valence-electron chi connectivity index (χ2n) is 8.67. The van der Waals surface area contributed by atoms with Crippen LogP contribution < -0.4 is 0 Å². The third kappa shape index (κ3) is 4.23. The Labute approximate surface area is 167 Å². The van der Waals surface area contributed by atoms with Crippen molar-refractivity contribution in [2.45, 2.75) is 65.7 Å². The predicted octanol–water partition coefficient (Wildman–Crippen LogP) is 4.63. The van der Waals surface area contributed by atoms with Gasteiger partial charge in [0.15, 0.2) is 5.78 Å². The monoisotopic (exact) mass is 382 g/mol. The minimum Gasteiger partial charge on any atom is -0.465 e. The minimum atomic E-state index is -0.574. The van der Waals surface area contributed by atoms with Gasteiger partial charge in [-0.15, -0.1) is 0 Å². The number of ether oxygens (including phenoxy) is 1. The molecule has 5 heteroatoms. The number of aromatic nitrogens is 1. The van der Waals surface area contributed by atoms with Crippen LogP contribution in [0.15, 0.2) is 40.8 Å². The standard InChI is InChI=1S/C23H30N2O3/c1-5-6-7-11-28-22(27)19-15(2)25-17-12-23(3,4)13-18(26)21(17)20(19)16-9-8-10-24-14-16/h8-10,14,19-20H,5-7,11-13H2,1-4H3/t19?,20-/m1/s1. The van der Waals surface area contributed by atoms with E-state index in [1.165, 1.54) is 0 Å². The Morgan fingerprint density at radius 3 is 2.75 bits per heavy atom. The van der Waals surface area contributed by atoms with Crippen molar-refractivity contribution in [1.82, 2.24) is 4.98 Å². The number of aliphatic imine (C=N–C) groups is 1. The summed E-state index contributed by atoms with van der Waals surface area (Å²) in [6.07, 6.45) is 7.60. The predicted molar refractivity (Wildman–Crippen MR) is 109 cm³/mol. The lowest BCUT2D eigenvalue weighted by molar-refractivity contribution is -0.146. The summed E-state index contributed by atoms with van der Waals surface area (Å²) >= 11 is 0. The highest BCUT2D eigenvalue weighted by atomic mass is 16.5. The van der Waals surface area contributed by atoms with E-state index in [9.17, 15) is 9.59 Å². The number of Topliss-reactive ketones (excluding diaryl/α,β-unsaturated/α-hetero) is 1. The zero-order chi connectivity index (χ0) is 20.3. The van der Waals surface area contributed by atoms with Gasteiger partial charge in [-0.1, -0.05) is 39.7 Å². The first-order chi connectivity index (χ1) is 13.3. The van der Waals surface area contributed by atoms with Crippen LogP contribution in [-0.2, 0) is 14.3 Å². The Balaban J connectivity index is 1.99. The van der Waals surface area contributed by atoms with Crippen molar-refractivity contribution in [3.63, 3.8) is 0 Å². The SMILES string of the molecule is CCCCCOC(=O)C1C(C)=NC2=C(C(=O)CC(C)(C)C2)[C@@H]1c1cccnc1. The van der Waals surface area contributed by atoms with Crippen molar-refractivity contribution in [3.8, 4) is 0 Å².